The van der Waals surface area contributed by atoms with Crippen molar-refractivity contribution in [1.82, 2.24) is 20.4 Å². The zero-order valence-electron chi connectivity index (χ0n) is 11.7. The van der Waals surface area contributed by atoms with E-state index in [4.69, 9.17) is 4.42 Å². The summed E-state index contributed by atoms with van der Waals surface area (Å²) in [5.41, 5.74) is 0. The Kier molecular flexibility index (Phi) is 2.84. The van der Waals surface area contributed by atoms with Gasteiger partial charge in [-0.2, -0.15) is 0 Å². The van der Waals surface area contributed by atoms with Gasteiger partial charge < -0.3 is 24.9 Å². The quantitative estimate of drug-likeness (QED) is 0.803. The molecule has 2 aliphatic rings. The van der Waals surface area contributed by atoms with Crippen LogP contribution in [0.2, 0.25) is 0 Å². The Bertz CT molecular complexity index is 530. The zero-order chi connectivity index (χ0) is 14.4. The first-order valence-corrected chi connectivity index (χ1v) is 6.60. The van der Waals surface area contributed by atoms with Gasteiger partial charge in [0.1, 0.15) is 11.9 Å². The first kappa shape index (κ1) is 12.8. The van der Waals surface area contributed by atoms with E-state index in [0.717, 1.165) is 5.76 Å². The van der Waals surface area contributed by atoms with Gasteiger partial charge in [-0.15, -0.1) is 0 Å². The number of nitrogens with one attached hydrogen (secondary N) is 2. The maximum Gasteiger partial charge on any atom is 0.319 e. The van der Waals surface area contributed by atoms with Crippen LogP contribution in [0.3, 0.4) is 0 Å². The second kappa shape index (κ2) is 4.43. The molecular formula is C13H18N4O3. The number of hydrogen-bond donors (Lipinski definition) is 2. The molecule has 0 unspecified atom stereocenters. The first-order valence-electron chi connectivity index (χ1n) is 6.60. The van der Waals surface area contributed by atoms with E-state index < -0.39 is 0 Å². The average Bonchev–Trinajstić information content (AvgIpc) is 2.92. The number of nitrogens with zero attached hydrogens (tertiary/aromatic N) is 2. The number of fused-ring (bicyclic) bond motifs is 1. The van der Waals surface area contributed by atoms with Crippen molar-refractivity contribution in [3.8, 4) is 0 Å². The highest BCUT2D eigenvalue weighted by molar-refractivity contribution is 5.80. The van der Waals surface area contributed by atoms with Gasteiger partial charge in [-0.25, -0.2) is 9.59 Å². The van der Waals surface area contributed by atoms with Gasteiger partial charge in [-0.1, -0.05) is 0 Å². The predicted molar refractivity (Wildman–Crippen MR) is 70.8 cm³/mol. The molecular weight excluding hydrogens is 260 g/mol. The van der Waals surface area contributed by atoms with Gasteiger partial charge in [0.15, 0.2) is 0 Å². The second-order valence-electron chi connectivity index (χ2n) is 5.39. The Labute approximate surface area is 116 Å². The Morgan fingerprint density at radius 3 is 2.50 bits per heavy atom. The van der Waals surface area contributed by atoms with Crippen LogP contribution < -0.4 is 10.6 Å². The minimum Gasteiger partial charge on any atom is -0.467 e. The molecule has 0 bridgehead atoms. The lowest BCUT2D eigenvalue weighted by atomic mass is 9.83. The van der Waals surface area contributed by atoms with E-state index in [1.165, 1.54) is 4.90 Å². The number of carbonyl (C=O) groups is 2. The highest BCUT2D eigenvalue weighted by Gasteiger charge is 2.50. The molecule has 0 aliphatic carbocycles. The summed E-state index contributed by atoms with van der Waals surface area (Å²) in [5, 5.41) is 5.80. The number of rotatable bonds is 1. The van der Waals surface area contributed by atoms with Gasteiger partial charge in [0.05, 0.1) is 12.3 Å². The first-order chi connectivity index (χ1) is 9.50. The van der Waals surface area contributed by atoms with Crippen molar-refractivity contribution < 1.29 is 14.0 Å². The molecule has 1 aromatic rings. The molecule has 108 valence electrons. The summed E-state index contributed by atoms with van der Waals surface area (Å²) in [6.45, 7) is 1.95. The van der Waals surface area contributed by atoms with Gasteiger partial charge in [-0.3, -0.25) is 0 Å². The summed E-state index contributed by atoms with van der Waals surface area (Å²) in [6, 6.07) is 3.01. The van der Waals surface area contributed by atoms with Gasteiger partial charge in [-0.05, 0) is 19.1 Å². The highest BCUT2D eigenvalue weighted by atomic mass is 16.3. The number of urea groups is 2. The van der Waals surface area contributed by atoms with Crippen molar-refractivity contribution in [1.29, 1.82) is 0 Å². The molecule has 4 atom stereocenters. The van der Waals surface area contributed by atoms with Crippen molar-refractivity contribution in [2.45, 2.75) is 25.2 Å². The molecule has 3 heterocycles. The molecule has 3 rings (SSSR count). The fourth-order valence-corrected chi connectivity index (χ4v) is 3.14. The highest BCUT2D eigenvalue weighted by Crippen LogP contribution is 2.38. The molecule has 0 aromatic carbocycles. The van der Waals surface area contributed by atoms with Crippen molar-refractivity contribution in [3.63, 3.8) is 0 Å². The molecule has 0 saturated carbocycles. The number of amides is 4. The van der Waals surface area contributed by atoms with Crippen LogP contribution in [0, 0.1) is 5.92 Å². The van der Waals surface area contributed by atoms with Crippen LogP contribution in [0.25, 0.3) is 0 Å². The lowest BCUT2D eigenvalue weighted by Gasteiger charge is -2.51. The second-order valence-corrected chi connectivity index (χ2v) is 5.39. The fourth-order valence-electron chi connectivity index (χ4n) is 3.14. The molecule has 2 fully saturated rings. The smallest absolute Gasteiger partial charge is 0.319 e. The number of furan rings is 1. The lowest BCUT2D eigenvalue weighted by Crippen LogP contribution is -2.71. The van der Waals surface area contributed by atoms with Crippen molar-refractivity contribution in [2.75, 3.05) is 14.1 Å². The van der Waals surface area contributed by atoms with Crippen LogP contribution in [0.4, 0.5) is 9.59 Å². The summed E-state index contributed by atoms with van der Waals surface area (Å²) >= 11 is 0. The Balaban J connectivity index is 2.02. The van der Waals surface area contributed by atoms with Crippen LogP contribution in [0.15, 0.2) is 22.8 Å². The third-order valence-corrected chi connectivity index (χ3v) is 4.24. The summed E-state index contributed by atoms with van der Waals surface area (Å²) in [6.07, 6.45) is 1.26. The van der Waals surface area contributed by atoms with E-state index >= 15 is 0 Å². The van der Waals surface area contributed by atoms with Crippen molar-refractivity contribution in [3.05, 3.63) is 24.2 Å². The molecule has 7 heteroatoms. The summed E-state index contributed by atoms with van der Waals surface area (Å²) in [5.74, 6) is 0.736. The van der Waals surface area contributed by atoms with Crippen molar-refractivity contribution in [2.24, 2.45) is 5.92 Å². The molecule has 20 heavy (non-hydrogen) atoms. The van der Waals surface area contributed by atoms with E-state index in [0.29, 0.717) is 0 Å². The molecule has 1 aromatic heterocycles. The topological polar surface area (TPSA) is 77.8 Å². The van der Waals surface area contributed by atoms with E-state index in [9.17, 15) is 9.59 Å². The Morgan fingerprint density at radius 2 is 1.85 bits per heavy atom. The van der Waals surface area contributed by atoms with Gasteiger partial charge in [0.25, 0.3) is 0 Å². The Morgan fingerprint density at radius 1 is 1.15 bits per heavy atom. The zero-order valence-corrected chi connectivity index (χ0v) is 11.7. The summed E-state index contributed by atoms with van der Waals surface area (Å²) < 4.78 is 5.50. The fraction of sp³-hybridized carbons (Fsp3) is 0.538. The third kappa shape index (κ3) is 1.73. The standard InChI is InChI=1S/C13H18N4O3/c1-7-9-10(8-5-4-6-20-8)16(2)13(19)15-11(9)17(3)12(18)14-7/h4-7,9-11H,1-3H3,(H,14,18)(H,15,19)/t7-,9+,10-,11+/m0/s1. The van der Waals surface area contributed by atoms with Crippen LogP contribution in [0.5, 0.6) is 0 Å². The van der Waals surface area contributed by atoms with Gasteiger partial charge in [0, 0.05) is 26.1 Å². The minimum absolute atomic E-state index is 0.00606. The summed E-state index contributed by atoms with van der Waals surface area (Å²) in [4.78, 5) is 27.2. The maximum atomic E-state index is 12.1. The molecule has 7 nitrogen and oxygen atoms in total. The largest absolute Gasteiger partial charge is 0.467 e. The monoisotopic (exact) mass is 278 g/mol. The SMILES string of the molecule is C[C@@H]1NC(=O)N(C)[C@H]2NC(=O)N(C)[C@@H](c3ccco3)[C@@H]12. The average molecular weight is 278 g/mol. The molecule has 0 spiro atoms. The van der Waals surface area contributed by atoms with Crippen LogP contribution >= 0.6 is 0 Å². The summed E-state index contributed by atoms with van der Waals surface area (Å²) in [7, 11) is 3.42. The van der Waals surface area contributed by atoms with E-state index in [1.54, 1.807) is 31.3 Å². The van der Waals surface area contributed by atoms with Crippen molar-refractivity contribution >= 4 is 12.1 Å². The van der Waals surface area contributed by atoms with Gasteiger partial charge in [0.2, 0.25) is 0 Å². The third-order valence-electron chi connectivity index (χ3n) is 4.24. The molecule has 4 amide bonds. The Hall–Kier alpha value is -2.18. The van der Waals surface area contributed by atoms with E-state index in [-0.39, 0.29) is 36.2 Å². The molecule has 2 saturated heterocycles. The molecule has 0 radical (unpaired) electrons. The van der Waals surface area contributed by atoms with Crippen LogP contribution in [0.1, 0.15) is 18.7 Å². The number of carbonyl (C=O) groups excluding carboxylic acids is 2. The van der Waals surface area contributed by atoms with Crippen LogP contribution in [-0.2, 0) is 0 Å². The predicted octanol–water partition coefficient (Wildman–Crippen LogP) is 0.961. The van der Waals surface area contributed by atoms with E-state index in [2.05, 4.69) is 10.6 Å². The molecule has 2 N–H and O–H groups in total. The number of hydrogen-bond acceptors (Lipinski definition) is 3. The normalized spacial score (nSPS) is 33.5. The minimum atomic E-state index is -0.336. The van der Waals surface area contributed by atoms with E-state index in [1.807, 2.05) is 13.0 Å². The lowest BCUT2D eigenvalue weighted by molar-refractivity contribution is 0.0175. The molecule has 2 aliphatic heterocycles. The van der Waals surface area contributed by atoms with Crippen LogP contribution in [-0.4, -0.2) is 48.2 Å². The maximum absolute atomic E-state index is 12.1. The van der Waals surface area contributed by atoms with Gasteiger partial charge >= 0.3 is 12.1 Å².